The average Bonchev–Trinajstić information content (AvgIpc) is 3.45. The molecule has 0 unspecified atom stereocenters. The SMILES string of the molecule is COc1ccc(-c2cnc3[nH]cc(-c4cnn(Cc5ccccn5)c4)c3c2)cc1OC. The summed E-state index contributed by atoms with van der Waals surface area (Å²) < 4.78 is 12.7. The number of nitrogens with zero attached hydrogens (tertiary/aromatic N) is 4. The predicted octanol–water partition coefficient (Wildman–Crippen LogP) is 4.55. The van der Waals surface area contributed by atoms with Gasteiger partial charge in [0.05, 0.1) is 32.7 Å². The number of aromatic nitrogens is 5. The first kappa shape index (κ1) is 18.9. The van der Waals surface area contributed by atoms with Gasteiger partial charge >= 0.3 is 0 Å². The van der Waals surface area contributed by atoms with Crippen molar-refractivity contribution in [2.75, 3.05) is 14.2 Å². The third kappa shape index (κ3) is 3.61. The quantitative estimate of drug-likeness (QED) is 0.443. The number of rotatable bonds is 6. The smallest absolute Gasteiger partial charge is 0.161 e. The zero-order chi connectivity index (χ0) is 21.2. The van der Waals surface area contributed by atoms with Crippen LogP contribution in [-0.2, 0) is 6.54 Å². The number of fused-ring (bicyclic) bond motifs is 1. The molecule has 1 aromatic carbocycles. The number of pyridine rings is 2. The number of benzene rings is 1. The van der Waals surface area contributed by atoms with Crippen molar-refractivity contribution in [1.82, 2.24) is 24.7 Å². The topological polar surface area (TPSA) is 77.9 Å². The zero-order valence-corrected chi connectivity index (χ0v) is 17.2. The molecular formula is C24H21N5O2. The van der Waals surface area contributed by atoms with Crippen LogP contribution in [0.5, 0.6) is 11.5 Å². The van der Waals surface area contributed by atoms with E-state index in [1.807, 2.05) is 65.9 Å². The largest absolute Gasteiger partial charge is 0.493 e. The van der Waals surface area contributed by atoms with Gasteiger partial charge in [-0.15, -0.1) is 0 Å². The second kappa shape index (κ2) is 7.95. The van der Waals surface area contributed by atoms with Crippen molar-refractivity contribution in [1.29, 1.82) is 0 Å². The van der Waals surface area contributed by atoms with Crippen LogP contribution >= 0.6 is 0 Å². The summed E-state index contributed by atoms with van der Waals surface area (Å²) in [6.07, 6.45) is 9.52. The van der Waals surface area contributed by atoms with Gasteiger partial charge in [-0.05, 0) is 35.9 Å². The zero-order valence-electron chi connectivity index (χ0n) is 17.2. The van der Waals surface area contributed by atoms with Gasteiger partial charge in [0.15, 0.2) is 11.5 Å². The molecule has 0 aliphatic carbocycles. The minimum Gasteiger partial charge on any atom is -0.493 e. The summed E-state index contributed by atoms with van der Waals surface area (Å²) in [5.41, 5.74) is 5.87. The van der Waals surface area contributed by atoms with E-state index >= 15 is 0 Å². The summed E-state index contributed by atoms with van der Waals surface area (Å²) in [6, 6.07) is 13.9. The number of methoxy groups -OCH3 is 2. The molecule has 0 atom stereocenters. The first-order chi connectivity index (χ1) is 15.2. The highest BCUT2D eigenvalue weighted by atomic mass is 16.5. The monoisotopic (exact) mass is 411 g/mol. The van der Waals surface area contributed by atoms with Gasteiger partial charge in [0, 0.05) is 46.9 Å². The number of hydrogen-bond donors (Lipinski definition) is 1. The molecule has 0 amide bonds. The van der Waals surface area contributed by atoms with Crippen molar-refractivity contribution in [2.45, 2.75) is 6.54 Å². The van der Waals surface area contributed by atoms with Crippen LogP contribution in [0, 0.1) is 0 Å². The minimum absolute atomic E-state index is 0.623. The summed E-state index contributed by atoms with van der Waals surface area (Å²) in [6.45, 7) is 0.623. The number of nitrogens with one attached hydrogen (secondary N) is 1. The third-order valence-electron chi connectivity index (χ3n) is 5.24. The van der Waals surface area contributed by atoms with Crippen LogP contribution in [0.4, 0.5) is 0 Å². The first-order valence-electron chi connectivity index (χ1n) is 9.87. The molecular weight excluding hydrogens is 390 g/mol. The number of aromatic amines is 1. The van der Waals surface area contributed by atoms with Gasteiger partial charge in [0.25, 0.3) is 0 Å². The van der Waals surface area contributed by atoms with Gasteiger partial charge in [-0.25, -0.2) is 4.98 Å². The fourth-order valence-electron chi connectivity index (χ4n) is 3.66. The Morgan fingerprint density at radius 1 is 0.903 bits per heavy atom. The van der Waals surface area contributed by atoms with Crippen LogP contribution in [0.1, 0.15) is 5.69 Å². The fourth-order valence-corrected chi connectivity index (χ4v) is 3.66. The maximum Gasteiger partial charge on any atom is 0.161 e. The van der Waals surface area contributed by atoms with Crippen LogP contribution in [-0.4, -0.2) is 39.0 Å². The Balaban J connectivity index is 1.50. The van der Waals surface area contributed by atoms with Crippen LogP contribution < -0.4 is 9.47 Å². The normalized spacial score (nSPS) is 11.0. The summed E-state index contributed by atoms with van der Waals surface area (Å²) in [5.74, 6) is 1.38. The molecule has 1 N–H and O–H groups in total. The molecule has 5 aromatic rings. The highest BCUT2D eigenvalue weighted by Crippen LogP contribution is 2.35. The Bertz CT molecular complexity index is 1340. The molecule has 5 rings (SSSR count). The van der Waals surface area contributed by atoms with Gasteiger partial charge in [-0.3, -0.25) is 9.67 Å². The summed E-state index contributed by atoms with van der Waals surface area (Å²) in [5, 5.41) is 5.54. The Kier molecular flexibility index (Phi) is 4.84. The Labute approximate surface area is 179 Å². The lowest BCUT2D eigenvalue weighted by Crippen LogP contribution is -2.01. The lowest BCUT2D eigenvalue weighted by molar-refractivity contribution is 0.355. The van der Waals surface area contributed by atoms with Crippen LogP contribution in [0.2, 0.25) is 0 Å². The van der Waals surface area contributed by atoms with Crippen molar-refractivity contribution in [2.24, 2.45) is 0 Å². The van der Waals surface area contributed by atoms with Crippen molar-refractivity contribution in [3.8, 4) is 33.8 Å². The molecule has 0 saturated heterocycles. The van der Waals surface area contributed by atoms with E-state index in [1.165, 1.54) is 0 Å². The highest BCUT2D eigenvalue weighted by Gasteiger charge is 2.12. The van der Waals surface area contributed by atoms with E-state index in [2.05, 4.69) is 26.1 Å². The number of H-pyrrole nitrogens is 1. The van der Waals surface area contributed by atoms with Crippen molar-refractivity contribution < 1.29 is 9.47 Å². The minimum atomic E-state index is 0.623. The van der Waals surface area contributed by atoms with Gasteiger partial charge in [-0.1, -0.05) is 12.1 Å². The molecule has 4 heterocycles. The molecule has 0 radical (unpaired) electrons. The average molecular weight is 411 g/mol. The second-order valence-electron chi connectivity index (χ2n) is 7.14. The second-order valence-corrected chi connectivity index (χ2v) is 7.14. The molecule has 31 heavy (non-hydrogen) atoms. The van der Waals surface area contributed by atoms with Gasteiger partial charge < -0.3 is 14.5 Å². The summed E-state index contributed by atoms with van der Waals surface area (Å²) >= 11 is 0. The van der Waals surface area contributed by atoms with E-state index in [-0.39, 0.29) is 0 Å². The van der Waals surface area contributed by atoms with Crippen molar-refractivity contribution in [3.05, 3.63) is 79.1 Å². The third-order valence-corrected chi connectivity index (χ3v) is 5.24. The molecule has 7 heteroatoms. The molecule has 7 nitrogen and oxygen atoms in total. The lowest BCUT2D eigenvalue weighted by Gasteiger charge is -2.09. The van der Waals surface area contributed by atoms with Crippen LogP contribution in [0.15, 0.2) is 73.4 Å². The van der Waals surface area contributed by atoms with E-state index in [1.54, 1.807) is 20.4 Å². The van der Waals surface area contributed by atoms with E-state index in [0.29, 0.717) is 18.0 Å². The summed E-state index contributed by atoms with van der Waals surface area (Å²) in [4.78, 5) is 12.2. The van der Waals surface area contributed by atoms with Crippen molar-refractivity contribution in [3.63, 3.8) is 0 Å². The van der Waals surface area contributed by atoms with Crippen molar-refractivity contribution >= 4 is 11.0 Å². The molecule has 0 saturated carbocycles. The maximum atomic E-state index is 5.45. The highest BCUT2D eigenvalue weighted by molar-refractivity contribution is 5.95. The molecule has 0 bridgehead atoms. The Morgan fingerprint density at radius 2 is 1.81 bits per heavy atom. The van der Waals surface area contributed by atoms with E-state index in [0.717, 1.165) is 39.0 Å². The predicted molar refractivity (Wildman–Crippen MR) is 119 cm³/mol. The summed E-state index contributed by atoms with van der Waals surface area (Å²) in [7, 11) is 3.27. The Morgan fingerprint density at radius 3 is 2.61 bits per heavy atom. The molecule has 154 valence electrons. The Hall–Kier alpha value is -4.13. The lowest BCUT2D eigenvalue weighted by atomic mass is 10.0. The van der Waals surface area contributed by atoms with Gasteiger partial charge in [0.2, 0.25) is 0 Å². The fraction of sp³-hybridized carbons (Fsp3) is 0.125. The van der Waals surface area contributed by atoms with Gasteiger partial charge in [0.1, 0.15) is 5.65 Å². The molecule has 0 aliphatic rings. The van der Waals surface area contributed by atoms with E-state index in [9.17, 15) is 0 Å². The standard InChI is InChI=1S/C24H21N5O2/c1-30-22-7-6-16(10-23(22)31-2)17-9-20-21(13-27-24(20)26-11-17)18-12-28-29(14-18)15-19-5-3-4-8-25-19/h3-14H,15H2,1-2H3,(H,26,27). The van der Waals surface area contributed by atoms with Crippen LogP contribution in [0.25, 0.3) is 33.3 Å². The number of ether oxygens (including phenoxy) is 2. The number of hydrogen-bond acceptors (Lipinski definition) is 5. The maximum absolute atomic E-state index is 5.45. The molecule has 4 aromatic heterocycles. The van der Waals surface area contributed by atoms with Gasteiger partial charge in [-0.2, -0.15) is 5.10 Å². The molecule has 0 spiro atoms. The van der Waals surface area contributed by atoms with E-state index in [4.69, 9.17) is 9.47 Å². The first-order valence-corrected chi connectivity index (χ1v) is 9.87. The van der Waals surface area contributed by atoms with E-state index < -0.39 is 0 Å². The van der Waals surface area contributed by atoms with Crippen LogP contribution in [0.3, 0.4) is 0 Å². The molecule has 0 aliphatic heterocycles. The molecule has 0 fully saturated rings.